The molecule has 1 N–H and O–H groups in total. The Kier molecular flexibility index (Phi) is 5.82. The van der Waals surface area contributed by atoms with Gasteiger partial charge in [-0.3, -0.25) is 4.79 Å². The van der Waals surface area contributed by atoms with Gasteiger partial charge in [0, 0.05) is 12.6 Å². The third-order valence-electron chi connectivity index (χ3n) is 5.00. The van der Waals surface area contributed by atoms with E-state index < -0.39 is 0 Å². The van der Waals surface area contributed by atoms with Gasteiger partial charge in [0.25, 0.3) is 0 Å². The minimum Gasteiger partial charge on any atom is -0.352 e. The molecule has 0 saturated heterocycles. The van der Waals surface area contributed by atoms with E-state index in [1.807, 2.05) is 66.7 Å². The van der Waals surface area contributed by atoms with Crippen LogP contribution in [-0.4, -0.2) is 12.5 Å². The zero-order valence-electron chi connectivity index (χ0n) is 16.2. The molecule has 29 heavy (non-hydrogen) atoms. The fraction of sp³-hybridized carbons (Fsp3) is 0.0741. The van der Waals surface area contributed by atoms with Crippen molar-refractivity contribution < 1.29 is 4.79 Å². The lowest BCUT2D eigenvalue weighted by molar-refractivity contribution is -0.116. The molecule has 0 unspecified atom stereocenters. The van der Waals surface area contributed by atoms with Crippen molar-refractivity contribution >= 4 is 22.3 Å². The molecular weight excluding hydrogens is 354 g/mol. The summed E-state index contributed by atoms with van der Waals surface area (Å²) in [4.78, 5) is 12.7. The lowest BCUT2D eigenvalue weighted by atomic mass is 9.93. The van der Waals surface area contributed by atoms with Gasteiger partial charge >= 0.3 is 0 Å². The molecule has 0 aliphatic heterocycles. The summed E-state index contributed by atoms with van der Waals surface area (Å²) in [7, 11) is 0. The Morgan fingerprint density at radius 2 is 1.38 bits per heavy atom. The molecule has 0 heterocycles. The van der Waals surface area contributed by atoms with Crippen LogP contribution in [0.1, 0.15) is 16.7 Å². The van der Waals surface area contributed by atoms with E-state index in [0.717, 1.165) is 33.9 Å². The maximum atomic E-state index is 12.7. The molecule has 0 bridgehead atoms. The van der Waals surface area contributed by atoms with Crippen LogP contribution in [-0.2, 0) is 11.2 Å². The maximum absolute atomic E-state index is 12.7. The molecule has 0 aliphatic carbocycles. The van der Waals surface area contributed by atoms with Crippen molar-refractivity contribution in [1.29, 1.82) is 0 Å². The largest absolute Gasteiger partial charge is 0.352 e. The number of hydrogen-bond donors (Lipinski definition) is 1. The van der Waals surface area contributed by atoms with Crippen molar-refractivity contribution in [3.05, 3.63) is 126 Å². The molecule has 0 aromatic heterocycles. The summed E-state index contributed by atoms with van der Waals surface area (Å²) in [5.41, 5.74) is 4.24. The Bertz CT molecular complexity index is 1130. The normalized spacial score (nSPS) is 11.4. The molecule has 0 atom stereocenters. The third-order valence-corrected chi connectivity index (χ3v) is 5.00. The summed E-state index contributed by atoms with van der Waals surface area (Å²) in [6.45, 7) is 0.608. The molecular formula is C27H23NO. The highest BCUT2D eigenvalue weighted by atomic mass is 16.1. The molecule has 4 aromatic carbocycles. The number of carbonyl (C=O) groups is 1. The summed E-state index contributed by atoms with van der Waals surface area (Å²) in [6, 6.07) is 34.8. The first-order valence-electron chi connectivity index (χ1n) is 9.88. The highest BCUT2D eigenvalue weighted by Crippen LogP contribution is 2.29. The molecule has 0 aliphatic rings. The molecule has 1 amide bonds. The van der Waals surface area contributed by atoms with Gasteiger partial charge in [0.1, 0.15) is 0 Å². The standard InChI is InChI=1S/C27H23NO/c29-27(28-19-18-21-10-3-1-4-11-21)20-26(23-12-5-2-6-13-23)25-17-9-15-22-14-7-8-16-24(22)25/h1-17,20H,18-19H2,(H,28,29)/b26-20+. The van der Waals surface area contributed by atoms with Crippen LogP contribution in [0.2, 0.25) is 0 Å². The molecule has 0 radical (unpaired) electrons. The van der Waals surface area contributed by atoms with E-state index >= 15 is 0 Å². The van der Waals surface area contributed by atoms with Crippen molar-refractivity contribution in [2.45, 2.75) is 6.42 Å². The molecule has 0 spiro atoms. The van der Waals surface area contributed by atoms with Crippen LogP contribution < -0.4 is 5.32 Å². The first-order valence-corrected chi connectivity index (χ1v) is 9.88. The van der Waals surface area contributed by atoms with Gasteiger partial charge in [-0.1, -0.05) is 103 Å². The number of carbonyl (C=O) groups excluding carboxylic acids is 1. The third kappa shape index (κ3) is 4.61. The monoisotopic (exact) mass is 377 g/mol. The predicted octanol–water partition coefficient (Wildman–Crippen LogP) is 5.63. The van der Waals surface area contributed by atoms with E-state index in [1.165, 1.54) is 5.56 Å². The second-order valence-corrected chi connectivity index (χ2v) is 6.98. The second kappa shape index (κ2) is 9.03. The summed E-state index contributed by atoms with van der Waals surface area (Å²) in [6.07, 6.45) is 2.54. The Hall–Kier alpha value is -3.65. The highest BCUT2D eigenvalue weighted by Gasteiger charge is 2.11. The molecule has 4 aromatic rings. The molecule has 0 fully saturated rings. The number of benzene rings is 4. The quantitative estimate of drug-likeness (QED) is 0.434. The van der Waals surface area contributed by atoms with Crippen molar-refractivity contribution in [2.75, 3.05) is 6.54 Å². The number of fused-ring (bicyclic) bond motifs is 1. The zero-order valence-corrected chi connectivity index (χ0v) is 16.2. The van der Waals surface area contributed by atoms with Crippen LogP contribution in [0.15, 0.2) is 109 Å². The van der Waals surface area contributed by atoms with Gasteiger partial charge in [0.15, 0.2) is 0 Å². The topological polar surface area (TPSA) is 29.1 Å². The predicted molar refractivity (Wildman–Crippen MR) is 121 cm³/mol. The van der Waals surface area contributed by atoms with E-state index in [-0.39, 0.29) is 5.91 Å². The van der Waals surface area contributed by atoms with Crippen molar-refractivity contribution in [3.8, 4) is 0 Å². The van der Waals surface area contributed by atoms with Gasteiger partial charge < -0.3 is 5.32 Å². The summed E-state index contributed by atoms with van der Waals surface area (Å²) < 4.78 is 0. The van der Waals surface area contributed by atoms with E-state index in [0.29, 0.717) is 6.54 Å². The van der Waals surface area contributed by atoms with Crippen LogP contribution in [0.3, 0.4) is 0 Å². The number of rotatable bonds is 6. The maximum Gasteiger partial charge on any atom is 0.244 e. The SMILES string of the molecule is O=C(/C=C(\c1ccccc1)c1cccc2ccccc12)NCCc1ccccc1. The van der Waals surface area contributed by atoms with E-state index in [4.69, 9.17) is 0 Å². The Labute approximate surface area is 171 Å². The molecule has 142 valence electrons. The van der Waals surface area contributed by atoms with E-state index in [1.54, 1.807) is 6.08 Å². The fourth-order valence-corrected chi connectivity index (χ4v) is 3.55. The summed E-state index contributed by atoms with van der Waals surface area (Å²) >= 11 is 0. The second-order valence-electron chi connectivity index (χ2n) is 6.98. The smallest absolute Gasteiger partial charge is 0.244 e. The average Bonchev–Trinajstić information content (AvgIpc) is 2.78. The summed E-state index contributed by atoms with van der Waals surface area (Å²) in [5.74, 6) is -0.0762. The van der Waals surface area contributed by atoms with Crippen LogP contribution in [0.5, 0.6) is 0 Å². The molecule has 0 saturated carbocycles. The van der Waals surface area contributed by atoms with Gasteiger partial charge in [0.2, 0.25) is 5.91 Å². The molecule has 4 rings (SSSR count). The van der Waals surface area contributed by atoms with Crippen LogP contribution in [0.25, 0.3) is 16.3 Å². The highest BCUT2D eigenvalue weighted by molar-refractivity contribution is 6.04. The number of hydrogen-bond acceptors (Lipinski definition) is 1. The van der Waals surface area contributed by atoms with Gasteiger partial charge in [-0.15, -0.1) is 0 Å². The number of amides is 1. The van der Waals surface area contributed by atoms with Gasteiger partial charge in [0.05, 0.1) is 0 Å². The van der Waals surface area contributed by atoms with Crippen molar-refractivity contribution in [1.82, 2.24) is 5.32 Å². The van der Waals surface area contributed by atoms with E-state index in [9.17, 15) is 4.79 Å². The summed E-state index contributed by atoms with van der Waals surface area (Å²) in [5, 5.41) is 5.34. The van der Waals surface area contributed by atoms with E-state index in [2.05, 4.69) is 41.7 Å². The lowest BCUT2D eigenvalue weighted by Crippen LogP contribution is -2.24. The molecule has 2 heteroatoms. The average molecular weight is 377 g/mol. The minimum absolute atomic E-state index is 0.0762. The first-order chi connectivity index (χ1) is 14.3. The Balaban J connectivity index is 1.63. The lowest BCUT2D eigenvalue weighted by Gasteiger charge is -2.12. The Morgan fingerprint density at radius 3 is 2.17 bits per heavy atom. The van der Waals surface area contributed by atoms with Crippen molar-refractivity contribution in [2.24, 2.45) is 0 Å². The fourth-order valence-electron chi connectivity index (χ4n) is 3.55. The van der Waals surface area contributed by atoms with Gasteiger partial charge in [-0.2, -0.15) is 0 Å². The Morgan fingerprint density at radius 1 is 0.724 bits per heavy atom. The van der Waals surface area contributed by atoms with Gasteiger partial charge in [-0.25, -0.2) is 0 Å². The number of nitrogens with one attached hydrogen (secondary N) is 1. The molecule has 2 nitrogen and oxygen atoms in total. The minimum atomic E-state index is -0.0762. The van der Waals surface area contributed by atoms with Gasteiger partial charge in [-0.05, 0) is 39.5 Å². The first kappa shape index (κ1) is 18.7. The van der Waals surface area contributed by atoms with Crippen LogP contribution in [0.4, 0.5) is 0 Å². The van der Waals surface area contributed by atoms with Crippen LogP contribution >= 0.6 is 0 Å². The van der Waals surface area contributed by atoms with Crippen molar-refractivity contribution in [3.63, 3.8) is 0 Å². The van der Waals surface area contributed by atoms with Crippen LogP contribution in [0, 0.1) is 0 Å². The zero-order chi connectivity index (χ0) is 19.9.